The van der Waals surface area contributed by atoms with Crippen molar-refractivity contribution in [3.63, 3.8) is 0 Å². The van der Waals surface area contributed by atoms with E-state index < -0.39 is 0 Å². The quantitative estimate of drug-likeness (QED) is 0.624. The van der Waals surface area contributed by atoms with E-state index in [1.165, 1.54) is 5.56 Å². The van der Waals surface area contributed by atoms with E-state index in [4.69, 9.17) is 4.74 Å². The van der Waals surface area contributed by atoms with Gasteiger partial charge in [-0.05, 0) is 67.3 Å². The fourth-order valence-electron chi connectivity index (χ4n) is 4.02. The second kappa shape index (κ2) is 9.31. The number of nitrogens with zero attached hydrogens (tertiary/aromatic N) is 1. The molecule has 1 saturated heterocycles. The Kier molecular flexibility index (Phi) is 6.34. The van der Waals surface area contributed by atoms with Gasteiger partial charge in [0.05, 0.1) is 0 Å². The Balaban J connectivity index is 1.36. The molecule has 1 fully saturated rings. The van der Waals surface area contributed by atoms with Crippen LogP contribution >= 0.6 is 0 Å². The lowest BCUT2D eigenvalue weighted by atomic mass is 10.1. The molecule has 1 aliphatic heterocycles. The molecular formula is C26H30N2O2. The normalized spacial score (nSPS) is 16.8. The van der Waals surface area contributed by atoms with Crippen molar-refractivity contribution in [1.29, 1.82) is 0 Å². The number of hydrogen-bond acceptors (Lipinski definition) is 3. The number of benzene rings is 3. The number of amides is 1. The molecule has 156 valence electrons. The minimum atomic E-state index is -0.0344. The van der Waals surface area contributed by atoms with Gasteiger partial charge < -0.3 is 10.1 Å². The number of nitrogens with one attached hydrogen (secondary N) is 1. The highest BCUT2D eigenvalue weighted by molar-refractivity contribution is 5.98. The van der Waals surface area contributed by atoms with Crippen LogP contribution in [0.25, 0.3) is 10.8 Å². The SMILES string of the molecule is CC(C)N1CCC(Oc2ccc3cc(C(=O)NCCc4ccccc4)ccc3c2)C1. The lowest BCUT2D eigenvalue weighted by Crippen LogP contribution is -2.30. The van der Waals surface area contributed by atoms with Gasteiger partial charge in [0.15, 0.2) is 0 Å². The number of carbonyl (C=O) groups excluding carboxylic acids is 1. The second-order valence-corrected chi connectivity index (χ2v) is 8.33. The molecule has 1 unspecified atom stereocenters. The van der Waals surface area contributed by atoms with E-state index in [1.807, 2.05) is 48.5 Å². The van der Waals surface area contributed by atoms with Crippen molar-refractivity contribution < 1.29 is 9.53 Å². The van der Waals surface area contributed by atoms with Crippen LogP contribution in [0.5, 0.6) is 5.75 Å². The number of likely N-dealkylation sites (tertiary alicyclic amines) is 1. The van der Waals surface area contributed by atoms with E-state index in [0.29, 0.717) is 18.2 Å². The maximum absolute atomic E-state index is 12.5. The molecular weight excluding hydrogens is 372 g/mol. The zero-order valence-electron chi connectivity index (χ0n) is 17.8. The van der Waals surface area contributed by atoms with E-state index in [1.54, 1.807) is 0 Å². The van der Waals surface area contributed by atoms with Gasteiger partial charge in [0.25, 0.3) is 5.91 Å². The predicted molar refractivity (Wildman–Crippen MR) is 122 cm³/mol. The second-order valence-electron chi connectivity index (χ2n) is 8.33. The minimum Gasteiger partial charge on any atom is -0.489 e. The van der Waals surface area contributed by atoms with E-state index in [2.05, 4.69) is 42.3 Å². The van der Waals surface area contributed by atoms with E-state index in [-0.39, 0.29) is 12.0 Å². The van der Waals surface area contributed by atoms with Crippen LogP contribution in [-0.2, 0) is 6.42 Å². The first-order chi connectivity index (χ1) is 14.6. The van der Waals surface area contributed by atoms with Crippen LogP contribution in [0.2, 0.25) is 0 Å². The standard InChI is InChI=1S/C26H30N2O2/c1-19(2)28-15-13-25(18-28)30-24-11-10-21-16-23(9-8-22(21)17-24)26(29)27-14-12-20-6-4-3-5-7-20/h3-11,16-17,19,25H,12-15,18H2,1-2H3,(H,27,29). The largest absolute Gasteiger partial charge is 0.489 e. The highest BCUT2D eigenvalue weighted by Crippen LogP contribution is 2.25. The third-order valence-electron chi connectivity index (χ3n) is 5.83. The Hall–Kier alpha value is -2.85. The number of hydrogen-bond donors (Lipinski definition) is 1. The monoisotopic (exact) mass is 402 g/mol. The Morgan fingerprint density at radius 2 is 1.83 bits per heavy atom. The zero-order valence-corrected chi connectivity index (χ0v) is 17.8. The van der Waals surface area contributed by atoms with Crippen molar-refractivity contribution in [2.75, 3.05) is 19.6 Å². The van der Waals surface area contributed by atoms with Crippen LogP contribution in [0.1, 0.15) is 36.2 Å². The first-order valence-corrected chi connectivity index (χ1v) is 10.8. The van der Waals surface area contributed by atoms with Gasteiger partial charge in [-0.1, -0.05) is 42.5 Å². The molecule has 0 radical (unpaired) electrons. The van der Waals surface area contributed by atoms with Crippen LogP contribution in [-0.4, -0.2) is 42.6 Å². The van der Waals surface area contributed by atoms with Gasteiger partial charge in [0.2, 0.25) is 0 Å². The van der Waals surface area contributed by atoms with Gasteiger partial charge in [0.1, 0.15) is 11.9 Å². The molecule has 4 rings (SSSR count). The molecule has 1 N–H and O–H groups in total. The lowest BCUT2D eigenvalue weighted by Gasteiger charge is -2.20. The molecule has 3 aromatic carbocycles. The highest BCUT2D eigenvalue weighted by Gasteiger charge is 2.25. The number of fused-ring (bicyclic) bond motifs is 1. The summed E-state index contributed by atoms with van der Waals surface area (Å²) in [6.07, 6.45) is 2.15. The van der Waals surface area contributed by atoms with E-state index >= 15 is 0 Å². The van der Waals surface area contributed by atoms with Crippen LogP contribution in [0, 0.1) is 0 Å². The number of carbonyl (C=O) groups is 1. The number of ether oxygens (including phenoxy) is 1. The summed E-state index contributed by atoms with van der Waals surface area (Å²) in [6.45, 7) is 7.17. The van der Waals surface area contributed by atoms with E-state index in [9.17, 15) is 4.79 Å². The van der Waals surface area contributed by atoms with Crippen LogP contribution in [0.4, 0.5) is 0 Å². The summed E-state index contributed by atoms with van der Waals surface area (Å²) in [7, 11) is 0. The van der Waals surface area contributed by atoms with Gasteiger partial charge in [0, 0.05) is 31.2 Å². The third kappa shape index (κ3) is 5.00. The molecule has 0 aromatic heterocycles. The summed E-state index contributed by atoms with van der Waals surface area (Å²) in [5, 5.41) is 5.16. The molecule has 0 saturated carbocycles. The van der Waals surface area contributed by atoms with Gasteiger partial charge in [-0.25, -0.2) is 0 Å². The highest BCUT2D eigenvalue weighted by atomic mass is 16.5. The summed E-state index contributed by atoms with van der Waals surface area (Å²) >= 11 is 0. The molecule has 1 aliphatic rings. The Morgan fingerprint density at radius 1 is 1.07 bits per heavy atom. The Bertz CT molecular complexity index is 1000. The summed E-state index contributed by atoms with van der Waals surface area (Å²) < 4.78 is 6.22. The first-order valence-electron chi connectivity index (χ1n) is 10.8. The third-order valence-corrected chi connectivity index (χ3v) is 5.83. The molecule has 0 aliphatic carbocycles. The van der Waals surface area contributed by atoms with Crippen LogP contribution in [0.3, 0.4) is 0 Å². The van der Waals surface area contributed by atoms with Crippen molar-refractivity contribution in [2.45, 2.75) is 38.8 Å². The molecule has 1 heterocycles. The molecule has 4 nitrogen and oxygen atoms in total. The van der Waals surface area contributed by atoms with Crippen LogP contribution < -0.4 is 10.1 Å². The minimum absolute atomic E-state index is 0.0344. The fraction of sp³-hybridized carbons (Fsp3) is 0.346. The molecule has 1 amide bonds. The zero-order chi connectivity index (χ0) is 20.9. The maximum atomic E-state index is 12.5. The van der Waals surface area contributed by atoms with Gasteiger partial charge in [-0.15, -0.1) is 0 Å². The summed E-state index contributed by atoms with van der Waals surface area (Å²) in [5.74, 6) is 0.867. The molecule has 0 bridgehead atoms. The Morgan fingerprint density at radius 3 is 2.60 bits per heavy atom. The molecule has 1 atom stereocenters. The van der Waals surface area contributed by atoms with Gasteiger partial charge in [-0.3, -0.25) is 9.69 Å². The van der Waals surface area contributed by atoms with Crippen molar-refractivity contribution >= 4 is 16.7 Å². The summed E-state index contributed by atoms with van der Waals surface area (Å²) in [5.41, 5.74) is 1.91. The summed E-state index contributed by atoms with van der Waals surface area (Å²) in [6, 6.07) is 22.7. The van der Waals surface area contributed by atoms with Crippen molar-refractivity contribution in [1.82, 2.24) is 10.2 Å². The molecule has 30 heavy (non-hydrogen) atoms. The topological polar surface area (TPSA) is 41.6 Å². The van der Waals surface area contributed by atoms with E-state index in [0.717, 1.165) is 42.5 Å². The summed E-state index contributed by atoms with van der Waals surface area (Å²) in [4.78, 5) is 15.0. The van der Waals surface area contributed by atoms with Gasteiger partial charge >= 0.3 is 0 Å². The van der Waals surface area contributed by atoms with Crippen molar-refractivity contribution in [3.8, 4) is 5.75 Å². The maximum Gasteiger partial charge on any atom is 0.251 e. The smallest absolute Gasteiger partial charge is 0.251 e. The van der Waals surface area contributed by atoms with Gasteiger partial charge in [-0.2, -0.15) is 0 Å². The molecule has 3 aromatic rings. The van der Waals surface area contributed by atoms with Crippen LogP contribution in [0.15, 0.2) is 66.7 Å². The lowest BCUT2D eigenvalue weighted by molar-refractivity contribution is 0.0954. The average molecular weight is 403 g/mol. The van der Waals surface area contributed by atoms with Crippen molar-refractivity contribution in [2.24, 2.45) is 0 Å². The Labute approximate surface area is 178 Å². The average Bonchev–Trinajstić information content (AvgIpc) is 3.23. The predicted octanol–water partition coefficient (Wildman–Crippen LogP) is 4.67. The number of rotatable bonds is 7. The molecule has 4 heteroatoms. The first kappa shape index (κ1) is 20.4. The van der Waals surface area contributed by atoms with Crippen molar-refractivity contribution in [3.05, 3.63) is 77.9 Å². The fourth-order valence-corrected chi connectivity index (χ4v) is 4.02. The molecule has 0 spiro atoms.